The summed E-state index contributed by atoms with van der Waals surface area (Å²) >= 11 is 0. The minimum atomic E-state index is -0.136. The van der Waals surface area contributed by atoms with Crippen LogP contribution in [-0.4, -0.2) is 47.6 Å². The molecule has 2 aliphatic rings. The van der Waals surface area contributed by atoms with Crippen molar-refractivity contribution in [1.29, 1.82) is 0 Å². The fraction of sp³-hybridized carbons (Fsp3) is 0.778. The summed E-state index contributed by atoms with van der Waals surface area (Å²) in [5, 5.41) is 13.0. The number of carbonyl (C=O) groups is 2. The number of nitrogens with zero attached hydrogens (tertiary/aromatic N) is 1. The van der Waals surface area contributed by atoms with Crippen molar-refractivity contribution in [3.8, 4) is 0 Å². The lowest BCUT2D eigenvalue weighted by Gasteiger charge is -2.49. The first-order valence-corrected chi connectivity index (χ1v) is 8.76. The van der Waals surface area contributed by atoms with E-state index < -0.39 is 0 Å². The van der Waals surface area contributed by atoms with Gasteiger partial charge >= 0.3 is 0 Å². The Hall–Kier alpha value is -1.36. The molecule has 1 saturated carbocycles. The topological polar surface area (TPSA) is 69.6 Å². The van der Waals surface area contributed by atoms with Crippen LogP contribution in [0.4, 0.5) is 0 Å². The molecule has 1 saturated heterocycles. The number of rotatable bonds is 6. The zero-order valence-electron chi connectivity index (χ0n) is 14.4. The summed E-state index contributed by atoms with van der Waals surface area (Å²) < 4.78 is 0. The molecule has 1 heterocycles. The van der Waals surface area contributed by atoms with Gasteiger partial charge in [-0.2, -0.15) is 0 Å². The fourth-order valence-electron chi connectivity index (χ4n) is 3.99. The lowest BCUT2D eigenvalue weighted by molar-refractivity contribution is -0.134. The van der Waals surface area contributed by atoms with E-state index in [1.807, 2.05) is 0 Å². The van der Waals surface area contributed by atoms with Gasteiger partial charge in [0.05, 0.1) is 6.61 Å². The van der Waals surface area contributed by atoms with Crippen molar-refractivity contribution < 1.29 is 14.7 Å². The van der Waals surface area contributed by atoms with Crippen LogP contribution in [0.5, 0.6) is 0 Å². The molecule has 0 bridgehead atoms. The van der Waals surface area contributed by atoms with Crippen LogP contribution < -0.4 is 5.32 Å². The highest BCUT2D eigenvalue weighted by molar-refractivity contribution is 5.87. The normalized spacial score (nSPS) is 22.3. The Morgan fingerprint density at radius 2 is 1.96 bits per heavy atom. The molecule has 0 aromatic heterocycles. The molecule has 1 aliphatic heterocycles. The van der Waals surface area contributed by atoms with Gasteiger partial charge in [-0.05, 0) is 37.7 Å². The van der Waals surface area contributed by atoms with Gasteiger partial charge in [0.25, 0.3) is 0 Å². The van der Waals surface area contributed by atoms with Gasteiger partial charge in [-0.15, -0.1) is 0 Å². The quantitative estimate of drug-likeness (QED) is 0.732. The van der Waals surface area contributed by atoms with Crippen LogP contribution in [0, 0.1) is 17.3 Å². The van der Waals surface area contributed by atoms with E-state index in [0.717, 1.165) is 19.3 Å². The molecule has 23 heavy (non-hydrogen) atoms. The third-order valence-corrected chi connectivity index (χ3v) is 5.64. The second-order valence-electron chi connectivity index (χ2n) is 7.41. The predicted octanol–water partition coefficient (Wildman–Crippen LogP) is 1.71. The Kier molecular flexibility index (Phi) is 5.84. The third kappa shape index (κ3) is 3.77. The van der Waals surface area contributed by atoms with E-state index in [2.05, 4.69) is 25.7 Å². The van der Waals surface area contributed by atoms with Crippen LogP contribution in [0.25, 0.3) is 0 Å². The zero-order chi connectivity index (χ0) is 17.0. The number of carbonyl (C=O) groups excluding carboxylic acids is 2. The SMILES string of the molecule is C=CC(=O)N1CCC(C(=O)NC(C(C)C)C2(CO)CCC2)CC1. The van der Waals surface area contributed by atoms with Gasteiger partial charge in [-0.1, -0.05) is 26.8 Å². The molecular weight excluding hydrogens is 292 g/mol. The predicted molar refractivity (Wildman–Crippen MR) is 89.6 cm³/mol. The summed E-state index contributed by atoms with van der Waals surface area (Å²) in [6.07, 6.45) is 5.82. The van der Waals surface area contributed by atoms with E-state index in [4.69, 9.17) is 0 Å². The van der Waals surface area contributed by atoms with Crippen molar-refractivity contribution in [2.75, 3.05) is 19.7 Å². The van der Waals surface area contributed by atoms with Crippen LogP contribution >= 0.6 is 0 Å². The molecule has 2 amide bonds. The highest BCUT2D eigenvalue weighted by Gasteiger charge is 2.46. The maximum absolute atomic E-state index is 12.6. The number of piperidine rings is 1. The molecule has 2 N–H and O–H groups in total. The van der Waals surface area contributed by atoms with Crippen molar-refractivity contribution in [2.24, 2.45) is 17.3 Å². The Morgan fingerprint density at radius 3 is 2.35 bits per heavy atom. The maximum Gasteiger partial charge on any atom is 0.245 e. The van der Waals surface area contributed by atoms with Gasteiger partial charge < -0.3 is 15.3 Å². The summed E-state index contributed by atoms with van der Waals surface area (Å²) in [5.74, 6) is 0.279. The van der Waals surface area contributed by atoms with E-state index in [1.165, 1.54) is 6.08 Å². The summed E-state index contributed by atoms with van der Waals surface area (Å²) in [6, 6.07) is 0.0292. The molecule has 1 aliphatic carbocycles. The summed E-state index contributed by atoms with van der Waals surface area (Å²) in [7, 11) is 0. The number of aliphatic hydroxyl groups is 1. The summed E-state index contributed by atoms with van der Waals surface area (Å²) in [5.41, 5.74) is -0.136. The maximum atomic E-state index is 12.6. The van der Waals surface area contributed by atoms with Gasteiger partial charge in [0.15, 0.2) is 0 Å². The molecule has 5 nitrogen and oxygen atoms in total. The van der Waals surface area contributed by atoms with Crippen molar-refractivity contribution >= 4 is 11.8 Å². The van der Waals surface area contributed by atoms with Crippen molar-refractivity contribution in [2.45, 2.75) is 52.0 Å². The average Bonchev–Trinajstić information content (AvgIpc) is 2.52. The second kappa shape index (κ2) is 7.47. The lowest BCUT2D eigenvalue weighted by Crippen LogP contribution is -2.57. The Balaban J connectivity index is 1.93. The molecule has 0 spiro atoms. The first kappa shape index (κ1) is 18.0. The van der Waals surface area contributed by atoms with Gasteiger partial charge in [0, 0.05) is 30.5 Å². The standard InChI is InChI=1S/C18H30N2O3/c1-4-15(22)20-10-6-14(7-11-20)17(23)19-16(13(2)3)18(12-21)8-5-9-18/h4,13-14,16,21H,1,5-12H2,2-3H3,(H,19,23). The van der Waals surface area contributed by atoms with Gasteiger partial charge in [-0.3, -0.25) is 9.59 Å². The number of hydrogen-bond donors (Lipinski definition) is 2. The number of hydrogen-bond acceptors (Lipinski definition) is 3. The molecule has 0 aromatic carbocycles. The molecule has 130 valence electrons. The Labute approximate surface area is 139 Å². The molecule has 2 fully saturated rings. The van der Waals surface area contributed by atoms with Gasteiger partial charge in [0.1, 0.15) is 0 Å². The number of likely N-dealkylation sites (tertiary alicyclic amines) is 1. The number of nitrogens with one attached hydrogen (secondary N) is 1. The first-order chi connectivity index (χ1) is 10.9. The zero-order valence-corrected chi connectivity index (χ0v) is 14.4. The third-order valence-electron chi connectivity index (χ3n) is 5.64. The highest BCUT2D eigenvalue weighted by Crippen LogP contribution is 2.45. The van der Waals surface area contributed by atoms with Gasteiger partial charge in [-0.25, -0.2) is 0 Å². The largest absolute Gasteiger partial charge is 0.396 e. The molecule has 0 aromatic rings. The van der Waals surface area contributed by atoms with E-state index in [-0.39, 0.29) is 35.8 Å². The Morgan fingerprint density at radius 1 is 1.35 bits per heavy atom. The van der Waals surface area contributed by atoms with Crippen molar-refractivity contribution in [3.63, 3.8) is 0 Å². The van der Waals surface area contributed by atoms with E-state index in [0.29, 0.717) is 31.8 Å². The number of amides is 2. The molecule has 0 radical (unpaired) electrons. The summed E-state index contributed by atoms with van der Waals surface area (Å²) in [6.45, 7) is 9.08. The van der Waals surface area contributed by atoms with Crippen LogP contribution in [-0.2, 0) is 9.59 Å². The summed E-state index contributed by atoms with van der Waals surface area (Å²) in [4.78, 5) is 26.0. The van der Waals surface area contributed by atoms with Crippen LogP contribution in [0.1, 0.15) is 46.0 Å². The molecular formula is C18H30N2O3. The lowest BCUT2D eigenvalue weighted by atomic mass is 9.62. The molecule has 1 unspecified atom stereocenters. The first-order valence-electron chi connectivity index (χ1n) is 8.76. The van der Waals surface area contributed by atoms with E-state index >= 15 is 0 Å². The van der Waals surface area contributed by atoms with Gasteiger partial charge in [0.2, 0.25) is 11.8 Å². The van der Waals surface area contributed by atoms with Crippen molar-refractivity contribution in [1.82, 2.24) is 10.2 Å². The molecule has 2 rings (SSSR count). The fourth-order valence-corrected chi connectivity index (χ4v) is 3.99. The smallest absolute Gasteiger partial charge is 0.245 e. The highest BCUT2D eigenvalue weighted by atomic mass is 16.3. The number of aliphatic hydroxyl groups excluding tert-OH is 1. The monoisotopic (exact) mass is 322 g/mol. The van der Waals surface area contributed by atoms with Crippen LogP contribution in [0.15, 0.2) is 12.7 Å². The molecule has 5 heteroatoms. The second-order valence-corrected chi connectivity index (χ2v) is 7.41. The van der Waals surface area contributed by atoms with E-state index in [9.17, 15) is 14.7 Å². The van der Waals surface area contributed by atoms with Crippen LogP contribution in [0.3, 0.4) is 0 Å². The minimum absolute atomic E-state index is 0.0292. The minimum Gasteiger partial charge on any atom is -0.396 e. The van der Waals surface area contributed by atoms with Crippen molar-refractivity contribution in [3.05, 3.63) is 12.7 Å². The molecule has 1 atom stereocenters. The van der Waals surface area contributed by atoms with E-state index in [1.54, 1.807) is 4.90 Å². The van der Waals surface area contributed by atoms with Crippen LogP contribution in [0.2, 0.25) is 0 Å². The Bertz CT molecular complexity index is 444. The average molecular weight is 322 g/mol.